The molecule has 0 radical (unpaired) electrons. The van der Waals surface area contributed by atoms with E-state index in [0.29, 0.717) is 5.92 Å². The maximum atomic E-state index is 5.49. The van der Waals surface area contributed by atoms with Gasteiger partial charge in [0.2, 0.25) is 0 Å². The third-order valence-corrected chi connectivity index (χ3v) is 3.91. The molecule has 0 aliphatic carbocycles. The second kappa shape index (κ2) is 5.58. The maximum Gasteiger partial charge on any atom is 0.0971 e. The van der Waals surface area contributed by atoms with E-state index in [4.69, 9.17) is 10.7 Å². The summed E-state index contributed by atoms with van der Waals surface area (Å²) in [4.78, 5) is 4.69. The Morgan fingerprint density at radius 1 is 1.60 bits per heavy atom. The number of hydrogen-bond acceptors (Lipinski definition) is 4. The van der Waals surface area contributed by atoms with Crippen LogP contribution in [0.3, 0.4) is 0 Å². The quantitative estimate of drug-likeness (QED) is 0.816. The minimum atomic E-state index is 0.648. The molecule has 0 bridgehead atoms. The Morgan fingerprint density at radius 3 is 3.27 bits per heavy atom. The summed E-state index contributed by atoms with van der Waals surface area (Å²) in [6.07, 6.45) is 4.65. The van der Waals surface area contributed by atoms with E-state index in [-0.39, 0.29) is 0 Å². The summed E-state index contributed by atoms with van der Waals surface area (Å²) >= 11 is 1.81. The largest absolute Gasteiger partial charge is 0.330 e. The summed E-state index contributed by atoms with van der Waals surface area (Å²) in [6.45, 7) is 3.03. The predicted octanol–water partition coefficient (Wildman–Crippen LogP) is 1.50. The number of nitrogens with one attached hydrogen (secondary N) is 1. The lowest BCUT2D eigenvalue weighted by molar-refractivity contribution is 0.460. The fourth-order valence-electron chi connectivity index (χ4n) is 1.97. The topological polar surface area (TPSA) is 50.9 Å². The van der Waals surface area contributed by atoms with Crippen molar-refractivity contribution in [1.82, 2.24) is 10.3 Å². The Kier molecular flexibility index (Phi) is 4.11. The minimum absolute atomic E-state index is 0.648. The van der Waals surface area contributed by atoms with Gasteiger partial charge < -0.3 is 11.1 Å². The summed E-state index contributed by atoms with van der Waals surface area (Å²) < 4.78 is 0. The lowest BCUT2D eigenvalue weighted by Crippen LogP contribution is -2.28. The fraction of sp³-hybridized carbons (Fsp3) is 0.727. The molecule has 0 aromatic carbocycles. The van der Waals surface area contributed by atoms with E-state index in [0.717, 1.165) is 25.9 Å². The fourth-order valence-corrected chi connectivity index (χ4v) is 2.96. The van der Waals surface area contributed by atoms with Crippen LogP contribution in [-0.2, 0) is 6.42 Å². The third kappa shape index (κ3) is 3.00. The molecule has 1 unspecified atom stereocenters. The van der Waals surface area contributed by atoms with E-state index >= 15 is 0 Å². The van der Waals surface area contributed by atoms with Gasteiger partial charge in [-0.25, -0.2) is 4.98 Å². The highest BCUT2D eigenvalue weighted by Gasteiger charge is 2.17. The highest BCUT2D eigenvalue weighted by Crippen LogP contribution is 2.26. The Labute approximate surface area is 95.1 Å². The van der Waals surface area contributed by atoms with E-state index in [1.165, 1.54) is 30.1 Å². The number of hydrogen-bond donors (Lipinski definition) is 2. The number of piperidine rings is 1. The molecule has 1 aromatic rings. The predicted molar refractivity (Wildman–Crippen MR) is 64.3 cm³/mol. The van der Waals surface area contributed by atoms with Crippen LogP contribution in [0, 0.1) is 0 Å². The summed E-state index contributed by atoms with van der Waals surface area (Å²) in [5.41, 5.74) is 6.72. The monoisotopic (exact) mass is 225 g/mol. The Bertz CT molecular complexity index is 292. The molecule has 1 fully saturated rings. The van der Waals surface area contributed by atoms with Crippen molar-refractivity contribution in [3.63, 3.8) is 0 Å². The van der Waals surface area contributed by atoms with Gasteiger partial charge in [-0.1, -0.05) is 0 Å². The van der Waals surface area contributed by atoms with Crippen LogP contribution in [0.4, 0.5) is 0 Å². The van der Waals surface area contributed by atoms with Crippen molar-refractivity contribution in [2.24, 2.45) is 5.73 Å². The summed E-state index contributed by atoms with van der Waals surface area (Å²) in [6, 6.07) is 0. The van der Waals surface area contributed by atoms with Gasteiger partial charge in [0.15, 0.2) is 0 Å². The van der Waals surface area contributed by atoms with Crippen molar-refractivity contribution in [1.29, 1.82) is 0 Å². The molecule has 3 nitrogen and oxygen atoms in total. The van der Waals surface area contributed by atoms with Gasteiger partial charge in [-0.05, 0) is 38.8 Å². The van der Waals surface area contributed by atoms with Crippen LogP contribution in [0.1, 0.15) is 35.9 Å². The van der Waals surface area contributed by atoms with Crippen LogP contribution in [0.5, 0.6) is 0 Å². The normalized spacial score (nSPS) is 21.8. The Hall–Kier alpha value is -0.450. The average Bonchev–Trinajstić information content (AvgIpc) is 2.76. The molecule has 3 N–H and O–H groups in total. The molecule has 1 aromatic heterocycles. The number of nitrogens with zero attached hydrogens (tertiary/aromatic N) is 1. The molecule has 0 saturated carbocycles. The molecule has 1 atom stereocenters. The van der Waals surface area contributed by atoms with Crippen LogP contribution in [0.2, 0.25) is 0 Å². The van der Waals surface area contributed by atoms with Crippen molar-refractivity contribution in [2.75, 3.05) is 19.6 Å². The average molecular weight is 225 g/mol. The van der Waals surface area contributed by atoms with Gasteiger partial charge in [-0.3, -0.25) is 0 Å². The van der Waals surface area contributed by atoms with Gasteiger partial charge in [0.1, 0.15) is 0 Å². The molecular formula is C11H19N3S. The third-order valence-electron chi connectivity index (χ3n) is 2.85. The molecule has 15 heavy (non-hydrogen) atoms. The SMILES string of the molecule is NCCCc1csc(C2CCCNC2)n1. The van der Waals surface area contributed by atoms with E-state index in [1.807, 2.05) is 11.3 Å². The number of nitrogens with two attached hydrogens (primary N) is 1. The van der Waals surface area contributed by atoms with Gasteiger partial charge in [0, 0.05) is 17.8 Å². The highest BCUT2D eigenvalue weighted by molar-refractivity contribution is 7.09. The van der Waals surface area contributed by atoms with Crippen LogP contribution in [0.25, 0.3) is 0 Å². The first kappa shape index (κ1) is 11.0. The molecule has 1 saturated heterocycles. The van der Waals surface area contributed by atoms with Crippen LogP contribution in [-0.4, -0.2) is 24.6 Å². The highest BCUT2D eigenvalue weighted by atomic mass is 32.1. The molecule has 1 aliphatic heterocycles. The maximum absolute atomic E-state index is 5.49. The van der Waals surface area contributed by atoms with E-state index in [9.17, 15) is 0 Å². The summed E-state index contributed by atoms with van der Waals surface area (Å²) in [5.74, 6) is 0.648. The van der Waals surface area contributed by atoms with E-state index < -0.39 is 0 Å². The molecule has 0 amide bonds. The van der Waals surface area contributed by atoms with Gasteiger partial charge in [-0.15, -0.1) is 11.3 Å². The molecule has 2 heterocycles. The number of rotatable bonds is 4. The molecule has 4 heteroatoms. The first-order valence-electron chi connectivity index (χ1n) is 5.75. The molecular weight excluding hydrogens is 206 g/mol. The van der Waals surface area contributed by atoms with Crippen molar-refractivity contribution in [3.05, 3.63) is 16.1 Å². The van der Waals surface area contributed by atoms with E-state index in [2.05, 4.69) is 10.7 Å². The lowest BCUT2D eigenvalue weighted by Gasteiger charge is -2.20. The summed E-state index contributed by atoms with van der Waals surface area (Å²) in [7, 11) is 0. The van der Waals surface area contributed by atoms with Gasteiger partial charge in [0.05, 0.1) is 10.7 Å². The summed E-state index contributed by atoms with van der Waals surface area (Å²) in [5, 5.41) is 6.94. The van der Waals surface area contributed by atoms with E-state index in [1.54, 1.807) is 0 Å². The molecule has 84 valence electrons. The van der Waals surface area contributed by atoms with Gasteiger partial charge in [-0.2, -0.15) is 0 Å². The zero-order valence-corrected chi connectivity index (χ0v) is 9.85. The minimum Gasteiger partial charge on any atom is -0.330 e. The van der Waals surface area contributed by atoms with Crippen LogP contribution >= 0.6 is 11.3 Å². The molecule has 0 spiro atoms. The van der Waals surface area contributed by atoms with Crippen LogP contribution < -0.4 is 11.1 Å². The second-order valence-corrected chi connectivity index (χ2v) is 5.00. The number of aromatic nitrogens is 1. The van der Waals surface area contributed by atoms with Crippen molar-refractivity contribution < 1.29 is 0 Å². The van der Waals surface area contributed by atoms with Gasteiger partial charge >= 0.3 is 0 Å². The zero-order valence-electron chi connectivity index (χ0n) is 9.04. The Balaban J connectivity index is 1.93. The van der Waals surface area contributed by atoms with Gasteiger partial charge in [0.25, 0.3) is 0 Å². The first-order chi connectivity index (χ1) is 7.40. The van der Waals surface area contributed by atoms with Crippen molar-refractivity contribution >= 4 is 11.3 Å². The Morgan fingerprint density at radius 2 is 2.53 bits per heavy atom. The number of aryl methyl sites for hydroxylation is 1. The number of thiazole rings is 1. The standard InChI is InChI=1S/C11H19N3S/c12-5-1-4-10-8-15-11(14-10)9-3-2-6-13-7-9/h8-9,13H,1-7,12H2. The van der Waals surface area contributed by atoms with Crippen molar-refractivity contribution in [3.8, 4) is 0 Å². The molecule has 2 rings (SSSR count). The smallest absolute Gasteiger partial charge is 0.0971 e. The zero-order chi connectivity index (χ0) is 10.5. The first-order valence-corrected chi connectivity index (χ1v) is 6.63. The lowest BCUT2D eigenvalue weighted by atomic mass is 10.0. The second-order valence-electron chi connectivity index (χ2n) is 4.11. The van der Waals surface area contributed by atoms with Crippen molar-refractivity contribution in [2.45, 2.75) is 31.6 Å². The molecule has 1 aliphatic rings. The van der Waals surface area contributed by atoms with Crippen LogP contribution in [0.15, 0.2) is 5.38 Å².